The third-order valence-electron chi connectivity index (χ3n) is 5.22. The topological polar surface area (TPSA) is 78.3 Å². The molecule has 2 aliphatic heterocycles. The molecule has 3 fully saturated rings. The van der Waals surface area contributed by atoms with Crippen molar-refractivity contribution in [3.63, 3.8) is 0 Å². The van der Waals surface area contributed by atoms with Crippen molar-refractivity contribution in [3.8, 4) is 11.3 Å². The molecule has 1 aromatic heterocycles. The van der Waals surface area contributed by atoms with Crippen molar-refractivity contribution in [1.82, 2.24) is 20.3 Å². The molecule has 0 spiro atoms. The van der Waals surface area contributed by atoms with Gasteiger partial charge in [0.05, 0.1) is 25.5 Å². The number of carbonyl (C=O) groups is 1. The first kappa shape index (κ1) is 15.0. The lowest BCUT2D eigenvalue weighted by molar-refractivity contribution is -0.123. The van der Waals surface area contributed by atoms with Crippen molar-refractivity contribution in [2.24, 2.45) is 5.92 Å². The van der Waals surface area contributed by atoms with E-state index in [1.165, 1.54) is 0 Å². The third-order valence-corrected chi connectivity index (χ3v) is 5.22. The van der Waals surface area contributed by atoms with E-state index in [0.29, 0.717) is 13.2 Å². The van der Waals surface area contributed by atoms with E-state index in [1.807, 2.05) is 41.2 Å². The van der Waals surface area contributed by atoms with Gasteiger partial charge in [-0.2, -0.15) is 0 Å². The molecule has 5 rings (SSSR count). The van der Waals surface area contributed by atoms with Crippen LogP contribution in [0.5, 0.6) is 0 Å². The Balaban J connectivity index is 1.30. The number of amides is 1. The Morgan fingerprint density at radius 2 is 1.92 bits per heavy atom. The van der Waals surface area contributed by atoms with E-state index in [4.69, 9.17) is 9.47 Å². The number of nitrogens with zero attached hydrogens (tertiary/aromatic N) is 3. The fraction of sp³-hybridized carbons (Fsp3) is 0.500. The average Bonchev–Trinajstić information content (AvgIpc) is 3.05. The fourth-order valence-electron chi connectivity index (χ4n) is 3.66. The maximum atomic E-state index is 12.0. The minimum absolute atomic E-state index is 0.0159. The zero-order valence-corrected chi connectivity index (χ0v) is 13.7. The molecular formula is C18H20N4O3. The van der Waals surface area contributed by atoms with E-state index in [0.717, 1.165) is 24.1 Å². The summed E-state index contributed by atoms with van der Waals surface area (Å²) in [7, 11) is 0. The van der Waals surface area contributed by atoms with Gasteiger partial charge in [-0.1, -0.05) is 35.5 Å². The largest absolute Gasteiger partial charge is 0.371 e. The number of hydrogen-bond donors (Lipinski definition) is 1. The summed E-state index contributed by atoms with van der Waals surface area (Å²) in [5.74, 6) is 0.327. The molecule has 4 atom stereocenters. The van der Waals surface area contributed by atoms with E-state index >= 15 is 0 Å². The number of hydrogen-bond acceptors (Lipinski definition) is 5. The molecule has 3 heterocycles. The fourth-order valence-corrected chi connectivity index (χ4v) is 3.66. The van der Waals surface area contributed by atoms with Gasteiger partial charge < -0.3 is 14.8 Å². The molecule has 0 bridgehead atoms. The van der Waals surface area contributed by atoms with Crippen LogP contribution < -0.4 is 5.32 Å². The molecule has 0 unspecified atom stereocenters. The van der Waals surface area contributed by atoms with Crippen LogP contribution in [0, 0.1) is 5.92 Å². The van der Waals surface area contributed by atoms with Crippen molar-refractivity contribution in [3.05, 3.63) is 36.5 Å². The smallest absolute Gasteiger partial charge is 0.223 e. The van der Waals surface area contributed by atoms with Gasteiger partial charge in [0.15, 0.2) is 0 Å². The van der Waals surface area contributed by atoms with E-state index < -0.39 is 0 Å². The van der Waals surface area contributed by atoms with Gasteiger partial charge in [-0.05, 0) is 12.8 Å². The lowest BCUT2D eigenvalue weighted by Gasteiger charge is -2.17. The highest BCUT2D eigenvalue weighted by Gasteiger charge is 2.50. The van der Waals surface area contributed by atoms with Crippen LogP contribution >= 0.6 is 0 Å². The summed E-state index contributed by atoms with van der Waals surface area (Å²) in [6.45, 7) is 1.01. The van der Waals surface area contributed by atoms with Crippen LogP contribution in [0.3, 0.4) is 0 Å². The number of nitrogens with one attached hydrogen (secondary N) is 1. The highest BCUT2D eigenvalue weighted by Crippen LogP contribution is 2.35. The van der Waals surface area contributed by atoms with Crippen LogP contribution in [-0.4, -0.2) is 52.4 Å². The summed E-state index contributed by atoms with van der Waals surface area (Å²) >= 11 is 0. The molecule has 7 heteroatoms. The summed E-state index contributed by atoms with van der Waals surface area (Å²) in [5.41, 5.74) is 1.87. The zero-order valence-electron chi connectivity index (χ0n) is 13.7. The molecule has 2 saturated heterocycles. The molecule has 130 valence electrons. The molecule has 1 saturated carbocycles. The molecule has 25 heavy (non-hydrogen) atoms. The first-order valence-electron chi connectivity index (χ1n) is 8.80. The summed E-state index contributed by atoms with van der Waals surface area (Å²) in [4.78, 5) is 12.0. The van der Waals surface area contributed by atoms with Crippen LogP contribution in [-0.2, 0) is 14.3 Å². The van der Waals surface area contributed by atoms with Gasteiger partial charge in [-0.15, -0.1) is 5.10 Å². The van der Waals surface area contributed by atoms with Crippen molar-refractivity contribution >= 4 is 5.91 Å². The molecule has 1 aromatic carbocycles. The highest BCUT2D eigenvalue weighted by molar-refractivity contribution is 5.81. The molecule has 1 N–H and O–H groups in total. The SMILES string of the molecule is O=C(N[C@H]1CO[C@H]2[C@@H]1OC[C@@H]2n1cc(-c2ccccc2)nn1)C1CC1. The number of rotatable bonds is 4. The van der Waals surface area contributed by atoms with Gasteiger partial charge in [-0.25, -0.2) is 4.68 Å². The quantitative estimate of drug-likeness (QED) is 0.904. The maximum Gasteiger partial charge on any atom is 0.223 e. The maximum absolute atomic E-state index is 12.0. The van der Waals surface area contributed by atoms with E-state index in [1.54, 1.807) is 0 Å². The lowest BCUT2D eigenvalue weighted by Crippen LogP contribution is -2.44. The molecule has 0 radical (unpaired) electrons. The van der Waals surface area contributed by atoms with Gasteiger partial charge in [0, 0.05) is 11.5 Å². The monoisotopic (exact) mass is 340 g/mol. The average molecular weight is 340 g/mol. The van der Waals surface area contributed by atoms with E-state index in [2.05, 4.69) is 15.6 Å². The van der Waals surface area contributed by atoms with Gasteiger partial charge in [0.25, 0.3) is 0 Å². The Bertz CT molecular complexity index is 774. The third kappa shape index (κ3) is 2.73. The van der Waals surface area contributed by atoms with Crippen LogP contribution in [0.1, 0.15) is 18.9 Å². The van der Waals surface area contributed by atoms with Gasteiger partial charge in [0.1, 0.15) is 23.9 Å². The van der Waals surface area contributed by atoms with Gasteiger partial charge in [-0.3, -0.25) is 4.79 Å². The predicted octanol–water partition coefficient (Wildman–Crippen LogP) is 1.18. The van der Waals surface area contributed by atoms with Gasteiger partial charge >= 0.3 is 0 Å². The van der Waals surface area contributed by atoms with Crippen molar-refractivity contribution in [1.29, 1.82) is 0 Å². The molecule has 7 nitrogen and oxygen atoms in total. The number of aromatic nitrogens is 3. The van der Waals surface area contributed by atoms with Crippen molar-refractivity contribution < 1.29 is 14.3 Å². The highest BCUT2D eigenvalue weighted by atomic mass is 16.6. The van der Waals surface area contributed by atoms with Crippen LogP contribution in [0.2, 0.25) is 0 Å². The van der Waals surface area contributed by atoms with Crippen LogP contribution in [0.25, 0.3) is 11.3 Å². The minimum atomic E-state index is -0.114. The number of benzene rings is 1. The number of fused-ring (bicyclic) bond motifs is 1. The minimum Gasteiger partial charge on any atom is -0.371 e. The second kappa shape index (κ2) is 5.93. The zero-order chi connectivity index (χ0) is 16.8. The van der Waals surface area contributed by atoms with Gasteiger partial charge in [0.2, 0.25) is 5.91 Å². The normalized spacial score (nSPS) is 31.0. The number of carbonyl (C=O) groups excluding carboxylic acids is 1. The second-order valence-electron chi connectivity index (χ2n) is 7.00. The second-order valence-corrected chi connectivity index (χ2v) is 7.00. The van der Waals surface area contributed by atoms with E-state index in [-0.39, 0.29) is 36.1 Å². The Kier molecular flexibility index (Phi) is 3.57. The molecule has 1 aliphatic carbocycles. The van der Waals surface area contributed by atoms with Crippen molar-refractivity contribution in [2.45, 2.75) is 37.1 Å². The Labute approximate surface area is 145 Å². The summed E-state index contributed by atoms with van der Waals surface area (Å²) < 4.78 is 13.7. The summed E-state index contributed by atoms with van der Waals surface area (Å²) in [5, 5.41) is 11.6. The van der Waals surface area contributed by atoms with Crippen molar-refractivity contribution in [2.75, 3.05) is 13.2 Å². The Morgan fingerprint density at radius 1 is 1.12 bits per heavy atom. The first-order chi connectivity index (χ1) is 12.3. The molecular weight excluding hydrogens is 320 g/mol. The first-order valence-corrected chi connectivity index (χ1v) is 8.80. The summed E-state index contributed by atoms with van der Waals surface area (Å²) in [6, 6.07) is 9.88. The Hall–Kier alpha value is -2.25. The molecule has 3 aliphatic rings. The van der Waals surface area contributed by atoms with E-state index in [9.17, 15) is 4.79 Å². The molecule has 1 amide bonds. The lowest BCUT2D eigenvalue weighted by atomic mass is 10.1. The molecule has 2 aromatic rings. The Morgan fingerprint density at radius 3 is 2.72 bits per heavy atom. The predicted molar refractivity (Wildman–Crippen MR) is 88.6 cm³/mol. The summed E-state index contributed by atoms with van der Waals surface area (Å²) in [6.07, 6.45) is 3.72. The number of ether oxygens (including phenoxy) is 2. The van der Waals surface area contributed by atoms with Crippen LogP contribution in [0.15, 0.2) is 36.5 Å². The van der Waals surface area contributed by atoms with Crippen LogP contribution in [0.4, 0.5) is 0 Å². The standard InChI is InChI=1S/C18H20N4O3/c23-18(12-6-7-12)19-14-9-24-17-15(10-25-16(14)17)22-8-13(20-21-22)11-4-2-1-3-5-11/h1-5,8,12,14-17H,6-7,9-10H2,(H,19,23)/t14-,15-,16+,17+/m0/s1.